The molecule has 2 aliphatic rings. The van der Waals surface area contributed by atoms with Crippen LogP contribution in [0.4, 0.5) is 10.1 Å². The molecule has 44 heavy (non-hydrogen) atoms. The van der Waals surface area contributed by atoms with Crippen molar-refractivity contribution in [3.63, 3.8) is 0 Å². The number of anilines is 2. The van der Waals surface area contributed by atoms with E-state index >= 15 is 0 Å². The number of aromatic nitrogens is 1. The number of likely N-dealkylation sites (tertiary alicyclic amines) is 1. The largest absolute Gasteiger partial charge is 0.343 e. The van der Waals surface area contributed by atoms with Crippen LogP contribution in [-0.2, 0) is 33.6 Å². The first kappa shape index (κ1) is 34.1. The summed E-state index contributed by atoms with van der Waals surface area (Å²) in [5.74, 6) is -0.925. The average molecular weight is 669 g/mol. The van der Waals surface area contributed by atoms with Crippen LogP contribution in [0.2, 0.25) is 0 Å². The minimum absolute atomic E-state index is 0.00361. The zero-order valence-electron chi connectivity index (χ0n) is 25.3. The molecule has 0 radical (unpaired) electrons. The van der Waals surface area contributed by atoms with Gasteiger partial charge in [0.15, 0.2) is 12.2 Å². The number of nitrogens with one attached hydrogen (secondary N) is 3. The van der Waals surface area contributed by atoms with Crippen molar-refractivity contribution in [3.05, 3.63) is 30.3 Å². The maximum Gasteiger partial charge on any atom is 0.247 e. The molecule has 16 heteroatoms. The molecule has 3 N–H and O–H groups in total. The molecule has 2 heterocycles. The predicted molar refractivity (Wildman–Crippen MR) is 171 cm³/mol. The zero-order valence-corrected chi connectivity index (χ0v) is 27.7. The van der Waals surface area contributed by atoms with E-state index in [0.717, 1.165) is 53.4 Å². The number of hydrogen-bond donors (Lipinski definition) is 3. The van der Waals surface area contributed by atoms with E-state index in [-0.39, 0.29) is 22.9 Å². The third kappa shape index (κ3) is 8.28. The summed E-state index contributed by atoms with van der Waals surface area (Å²) in [4.78, 5) is 51.5. The molecule has 0 bridgehead atoms. The zero-order chi connectivity index (χ0) is 31.9. The van der Waals surface area contributed by atoms with Gasteiger partial charge in [0.2, 0.25) is 32.9 Å². The Hall–Kier alpha value is -2.76. The van der Waals surface area contributed by atoms with Crippen molar-refractivity contribution in [1.82, 2.24) is 20.5 Å². The standard InChI is InChI=1S/C28H40N6O7S3/c1-18(29-2)24(35)30-23(20-14-9-6-10-15-20)27(37)33-17-11-16-21(33)25(36)32-26-22(19-12-7-5-8-13-19)31-28(42-26)34(43-41-40-3)44(4,38)39/h5,7-8,12-13,18,20-21,23,29H,6,9-11,14-17H2,1-4H3,(H,30,35)(H,32,36)/t18-,21-,23?/m0/s1. The molecule has 2 aromatic rings. The Bertz CT molecular complexity index is 1400. The first-order chi connectivity index (χ1) is 21.0. The minimum atomic E-state index is -3.84. The number of carbonyl (C=O) groups is 3. The number of rotatable bonds is 13. The van der Waals surface area contributed by atoms with Crippen LogP contribution in [0, 0.1) is 5.92 Å². The maximum absolute atomic E-state index is 14.1. The van der Waals surface area contributed by atoms with Crippen LogP contribution < -0.4 is 19.7 Å². The Labute approximate surface area is 266 Å². The second-order valence-corrected chi connectivity index (χ2v) is 14.6. The molecule has 1 aliphatic carbocycles. The van der Waals surface area contributed by atoms with Crippen LogP contribution >= 0.6 is 23.6 Å². The first-order valence-electron chi connectivity index (χ1n) is 14.6. The van der Waals surface area contributed by atoms with Crippen LogP contribution in [0.15, 0.2) is 30.3 Å². The molecule has 13 nitrogen and oxygen atoms in total. The fourth-order valence-corrected chi connectivity index (χ4v) is 8.07. The lowest BCUT2D eigenvalue weighted by Crippen LogP contribution is -2.57. The Morgan fingerprint density at radius 1 is 1.11 bits per heavy atom. The highest BCUT2D eigenvalue weighted by Crippen LogP contribution is 2.41. The van der Waals surface area contributed by atoms with E-state index in [9.17, 15) is 22.8 Å². The Morgan fingerprint density at radius 3 is 2.45 bits per heavy atom. The van der Waals surface area contributed by atoms with Crippen molar-refractivity contribution < 1.29 is 32.0 Å². The summed E-state index contributed by atoms with van der Waals surface area (Å²) in [5.41, 5.74) is 1.03. The van der Waals surface area contributed by atoms with Gasteiger partial charge < -0.3 is 20.9 Å². The number of benzene rings is 1. The van der Waals surface area contributed by atoms with Crippen LogP contribution in [0.25, 0.3) is 11.3 Å². The van der Waals surface area contributed by atoms with Gasteiger partial charge in [0.25, 0.3) is 0 Å². The van der Waals surface area contributed by atoms with Gasteiger partial charge in [-0.3, -0.25) is 14.4 Å². The number of sulfonamides is 1. The fourth-order valence-electron chi connectivity index (χ4n) is 5.49. The second kappa shape index (κ2) is 15.5. The van der Waals surface area contributed by atoms with Crippen molar-refractivity contribution in [1.29, 1.82) is 0 Å². The molecule has 1 aromatic heterocycles. The monoisotopic (exact) mass is 668 g/mol. The molecule has 3 amide bonds. The second-order valence-electron chi connectivity index (χ2n) is 10.9. The van der Waals surface area contributed by atoms with E-state index in [1.807, 2.05) is 18.2 Å². The predicted octanol–water partition coefficient (Wildman–Crippen LogP) is 3.32. The van der Waals surface area contributed by atoms with Gasteiger partial charge in [-0.25, -0.2) is 18.3 Å². The molecule has 4 rings (SSSR count). The van der Waals surface area contributed by atoms with E-state index in [0.29, 0.717) is 47.9 Å². The molecule has 1 aliphatic heterocycles. The average Bonchev–Trinajstić information content (AvgIpc) is 3.67. The van der Waals surface area contributed by atoms with E-state index in [2.05, 4.69) is 25.8 Å². The molecule has 1 saturated heterocycles. The normalized spacial score (nSPS) is 18.9. The summed E-state index contributed by atoms with van der Waals surface area (Å²) in [6.07, 6.45) is 6.84. The van der Waals surface area contributed by atoms with Crippen LogP contribution in [0.3, 0.4) is 0 Å². The summed E-state index contributed by atoms with van der Waals surface area (Å²) in [7, 11) is -0.907. The van der Waals surface area contributed by atoms with E-state index in [4.69, 9.17) is 4.33 Å². The van der Waals surface area contributed by atoms with Gasteiger partial charge in [0.1, 0.15) is 22.8 Å². The summed E-state index contributed by atoms with van der Waals surface area (Å²) < 4.78 is 30.8. The molecule has 2 fully saturated rings. The molecule has 1 unspecified atom stereocenters. The van der Waals surface area contributed by atoms with Crippen molar-refractivity contribution in [2.75, 3.05) is 36.0 Å². The van der Waals surface area contributed by atoms with Crippen molar-refractivity contribution >= 4 is 61.4 Å². The number of nitrogens with zero attached hydrogens (tertiary/aromatic N) is 3. The number of likely N-dealkylation sites (N-methyl/N-ethyl adjacent to an activating group) is 1. The summed E-state index contributed by atoms with van der Waals surface area (Å²) in [5, 5.41) is 9.20. The molecular formula is C28H40N6O7S3. The lowest BCUT2D eigenvalue weighted by molar-refractivity contribution is -0.160. The maximum atomic E-state index is 14.1. The smallest absolute Gasteiger partial charge is 0.247 e. The van der Waals surface area contributed by atoms with Gasteiger partial charge in [-0.2, -0.15) is 3.71 Å². The SMILES string of the molecule is CN[C@@H](C)C(=O)NC(C(=O)N1CCC[C@H]1C(=O)Nc1sc(N(SOOC)S(C)(=O)=O)nc1-c1ccccc1)C1CCCCC1. The molecule has 1 aromatic carbocycles. The third-order valence-electron chi connectivity index (χ3n) is 7.87. The number of carbonyl (C=O) groups excluding carboxylic acids is 3. The van der Waals surface area contributed by atoms with Gasteiger partial charge in [-0.15, -0.1) is 4.33 Å². The number of amides is 3. The van der Waals surface area contributed by atoms with Crippen molar-refractivity contribution in [3.8, 4) is 11.3 Å². The van der Waals surface area contributed by atoms with Gasteiger partial charge in [-0.05, 0) is 45.6 Å². The Morgan fingerprint density at radius 2 is 1.82 bits per heavy atom. The highest BCUT2D eigenvalue weighted by molar-refractivity contribution is 8.12. The number of hydrogen-bond acceptors (Lipinski definition) is 11. The van der Waals surface area contributed by atoms with E-state index < -0.39 is 34.1 Å². The lowest BCUT2D eigenvalue weighted by Gasteiger charge is -2.35. The Balaban J connectivity index is 1.61. The quantitative estimate of drug-likeness (QED) is 0.125. The van der Waals surface area contributed by atoms with Gasteiger partial charge in [0, 0.05) is 12.1 Å². The molecule has 3 atom stereocenters. The molecular weight excluding hydrogens is 629 g/mol. The molecule has 1 saturated carbocycles. The fraction of sp³-hybridized carbons (Fsp3) is 0.571. The van der Waals surface area contributed by atoms with Crippen molar-refractivity contribution in [2.24, 2.45) is 5.92 Å². The van der Waals surface area contributed by atoms with E-state index in [1.165, 1.54) is 7.11 Å². The first-order valence-corrected chi connectivity index (χ1v) is 17.9. The third-order valence-corrected chi connectivity index (χ3v) is 11.3. The Kier molecular flexibility index (Phi) is 12.0. The molecule has 0 spiro atoms. The van der Waals surface area contributed by atoms with Crippen molar-refractivity contribution in [2.45, 2.75) is 70.0 Å². The highest BCUT2D eigenvalue weighted by atomic mass is 32.3. The lowest BCUT2D eigenvalue weighted by atomic mass is 9.83. The van der Waals surface area contributed by atoms with Crippen LogP contribution in [0.5, 0.6) is 0 Å². The molecule has 242 valence electrons. The summed E-state index contributed by atoms with van der Waals surface area (Å²) in [6, 6.07) is 7.09. The van der Waals surface area contributed by atoms with Crippen LogP contribution in [-0.4, -0.2) is 81.1 Å². The van der Waals surface area contributed by atoms with E-state index in [1.54, 1.807) is 31.0 Å². The van der Waals surface area contributed by atoms with Gasteiger partial charge >= 0.3 is 0 Å². The number of thiazole rings is 1. The summed E-state index contributed by atoms with van der Waals surface area (Å²) >= 11 is 1.40. The minimum Gasteiger partial charge on any atom is -0.343 e. The van der Waals surface area contributed by atoms with Gasteiger partial charge in [0.05, 0.1) is 19.4 Å². The highest BCUT2D eigenvalue weighted by Gasteiger charge is 2.41. The van der Waals surface area contributed by atoms with Gasteiger partial charge in [-0.1, -0.05) is 60.9 Å². The summed E-state index contributed by atoms with van der Waals surface area (Å²) in [6.45, 7) is 2.13. The van der Waals surface area contributed by atoms with Crippen LogP contribution in [0.1, 0.15) is 51.9 Å². The topological polar surface area (TPSA) is 159 Å².